The Kier molecular flexibility index (Phi) is 5.73. The first kappa shape index (κ1) is 13.9. The minimum absolute atomic E-state index is 0.351. The molecule has 96 valence electrons. The van der Waals surface area contributed by atoms with Gasteiger partial charge in [0.1, 0.15) is 0 Å². The van der Waals surface area contributed by atoms with Crippen LogP contribution in [-0.2, 0) is 0 Å². The van der Waals surface area contributed by atoms with Gasteiger partial charge in [0.05, 0.1) is 0 Å². The summed E-state index contributed by atoms with van der Waals surface area (Å²) in [5.41, 5.74) is 6.06. The van der Waals surface area contributed by atoms with Crippen LogP contribution in [0.1, 0.15) is 33.1 Å². The van der Waals surface area contributed by atoms with E-state index in [-0.39, 0.29) is 0 Å². The fourth-order valence-electron chi connectivity index (χ4n) is 2.36. The highest BCUT2D eigenvalue weighted by Crippen LogP contribution is 2.15. The van der Waals surface area contributed by atoms with Crippen molar-refractivity contribution < 1.29 is 0 Å². The number of hydrogen-bond donors (Lipinski definition) is 1. The Morgan fingerprint density at radius 1 is 1.44 bits per heavy atom. The first-order chi connectivity index (χ1) is 7.50. The van der Waals surface area contributed by atoms with Gasteiger partial charge in [-0.3, -0.25) is 0 Å². The van der Waals surface area contributed by atoms with E-state index >= 15 is 0 Å². The Balaban J connectivity index is 2.17. The molecule has 0 saturated carbocycles. The van der Waals surface area contributed by atoms with Crippen LogP contribution in [-0.4, -0.2) is 55.6 Å². The molecule has 0 radical (unpaired) electrons. The lowest BCUT2D eigenvalue weighted by molar-refractivity contribution is 0.212. The van der Waals surface area contributed by atoms with E-state index in [0.717, 1.165) is 19.0 Å². The molecule has 0 amide bonds. The Bertz CT molecular complexity index is 194. The van der Waals surface area contributed by atoms with Gasteiger partial charge >= 0.3 is 0 Å². The van der Waals surface area contributed by atoms with E-state index in [4.69, 9.17) is 5.73 Å². The minimum atomic E-state index is 0.351. The number of rotatable bonds is 6. The van der Waals surface area contributed by atoms with Crippen LogP contribution in [0.25, 0.3) is 0 Å². The predicted molar refractivity (Wildman–Crippen MR) is 70.6 cm³/mol. The van der Waals surface area contributed by atoms with Gasteiger partial charge in [0.25, 0.3) is 0 Å². The van der Waals surface area contributed by atoms with E-state index in [1.54, 1.807) is 0 Å². The van der Waals surface area contributed by atoms with Crippen LogP contribution < -0.4 is 5.73 Å². The van der Waals surface area contributed by atoms with E-state index in [1.165, 1.54) is 25.9 Å². The van der Waals surface area contributed by atoms with Crippen LogP contribution in [0, 0.1) is 5.92 Å². The summed E-state index contributed by atoms with van der Waals surface area (Å²) in [6, 6.07) is 1.11. The van der Waals surface area contributed by atoms with Crippen LogP contribution in [0.3, 0.4) is 0 Å². The molecule has 0 aliphatic carbocycles. The molecule has 2 atom stereocenters. The SMILES string of the molecule is CC(C)C(N)CCN(C)CC1CCCN1C. The lowest BCUT2D eigenvalue weighted by atomic mass is 10.0. The highest BCUT2D eigenvalue weighted by Gasteiger charge is 2.22. The molecule has 0 aromatic heterocycles. The standard InChI is InChI=1S/C13H29N3/c1-11(2)13(14)7-9-15(3)10-12-6-5-8-16(12)4/h11-13H,5-10,14H2,1-4H3. The molecule has 1 aliphatic heterocycles. The Morgan fingerprint density at radius 2 is 2.12 bits per heavy atom. The molecule has 2 N–H and O–H groups in total. The third-order valence-corrected chi connectivity index (χ3v) is 3.89. The molecule has 1 saturated heterocycles. The minimum Gasteiger partial charge on any atom is -0.327 e. The average molecular weight is 227 g/mol. The third kappa shape index (κ3) is 4.40. The van der Waals surface area contributed by atoms with Gasteiger partial charge in [0.2, 0.25) is 0 Å². The molecule has 3 heteroatoms. The normalized spacial score (nSPS) is 24.6. The summed E-state index contributed by atoms with van der Waals surface area (Å²) >= 11 is 0. The number of nitrogens with two attached hydrogens (primary N) is 1. The molecule has 1 heterocycles. The molecule has 1 aliphatic rings. The van der Waals surface area contributed by atoms with Crippen molar-refractivity contribution in [3.63, 3.8) is 0 Å². The first-order valence-corrected chi connectivity index (χ1v) is 6.65. The summed E-state index contributed by atoms with van der Waals surface area (Å²) in [6.45, 7) is 8.00. The van der Waals surface area contributed by atoms with Crippen molar-refractivity contribution in [3.8, 4) is 0 Å². The van der Waals surface area contributed by atoms with Crippen LogP contribution >= 0.6 is 0 Å². The molecular weight excluding hydrogens is 198 g/mol. The summed E-state index contributed by atoms with van der Waals surface area (Å²) in [4.78, 5) is 4.92. The number of likely N-dealkylation sites (tertiary alicyclic amines) is 1. The number of hydrogen-bond acceptors (Lipinski definition) is 3. The zero-order valence-electron chi connectivity index (χ0n) is 11.4. The molecular formula is C13H29N3. The zero-order valence-corrected chi connectivity index (χ0v) is 11.4. The predicted octanol–water partition coefficient (Wildman–Crippen LogP) is 1.39. The molecule has 16 heavy (non-hydrogen) atoms. The van der Waals surface area contributed by atoms with Gasteiger partial charge in [-0.15, -0.1) is 0 Å². The lowest BCUT2D eigenvalue weighted by Crippen LogP contribution is -2.39. The summed E-state index contributed by atoms with van der Waals surface area (Å²) in [7, 11) is 4.46. The maximum Gasteiger partial charge on any atom is 0.0220 e. The van der Waals surface area contributed by atoms with Gasteiger partial charge < -0.3 is 15.5 Å². The lowest BCUT2D eigenvalue weighted by Gasteiger charge is -2.27. The fraction of sp³-hybridized carbons (Fsp3) is 1.00. The van der Waals surface area contributed by atoms with Gasteiger partial charge in [0, 0.05) is 18.6 Å². The Labute approximate surface area is 101 Å². The Hall–Kier alpha value is -0.120. The molecule has 1 rings (SSSR count). The van der Waals surface area contributed by atoms with E-state index in [9.17, 15) is 0 Å². The second kappa shape index (κ2) is 6.58. The smallest absolute Gasteiger partial charge is 0.0220 e. The maximum atomic E-state index is 6.06. The van der Waals surface area contributed by atoms with Gasteiger partial charge in [-0.1, -0.05) is 13.8 Å². The second-order valence-corrected chi connectivity index (χ2v) is 5.74. The number of likely N-dealkylation sites (N-methyl/N-ethyl adjacent to an activating group) is 2. The van der Waals surface area contributed by atoms with Crippen molar-refractivity contribution in [2.24, 2.45) is 11.7 Å². The fourth-order valence-corrected chi connectivity index (χ4v) is 2.36. The van der Waals surface area contributed by atoms with E-state index in [2.05, 4.69) is 37.7 Å². The summed E-state index contributed by atoms with van der Waals surface area (Å²) < 4.78 is 0. The highest BCUT2D eigenvalue weighted by atomic mass is 15.2. The number of nitrogens with zero attached hydrogens (tertiary/aromatic N) is 2. The summed E-state index contributed by atoms with van der Waals surface area (Å²) in [5.74, 6) is 0.600. The van der Waals surface area contributed by atoms with Crippen LogP contribution in [0.2, 0.25) is 0 Å². The quantitative estimate of drug-likeness (QED) is 0.744. The average Bonchev–Trinajstić information content (AvgIpc) is 2.60. The van der Waals surface area contributed by atoms with Gasteiger partial charge in [-0.05, 0) is 52.4 Å². The largest absolute Gasteiger partial charge is 0.327 e. The van der Waals surface area contributed by atoms with Crippen molar-refractivity contribution in [1.82, 2.24) is 9.80 Å². The second-order valence-electron chi connectivity index (χ2n) is 5.74. The van der Waals surface area contributed by atoms with Crippen LogP contribution in [0.5, 0.6) is 0 Å². The maximum absolute atomic E-state index is 6.06. The first-order valence-electron chi connectivity index (χ1n) is 6.65. The van der Waals surface area contributed by atoms with Crippen LogP contribution in [0.15, 0.2) is 0 Å². The van der Waals surface area contributed by atoms with Crippen molar-refractivity contribution in [3.05, 3.63) is 0 Å². The van der Waals surface area contributed by atoms with Crippen molar-refractivity contribution in [2.45, 2.75) is 45.2 Å². The van der Waals surface area contributed by atoms with Crippen LogP contribution in [0.4, 0.5) is 0 Å². The molecule has 2 unspecified atom stereocenters. The Morgan fingerprint density at radius 3 is 2.62 bits per heavy atom. The van der Waals surface area contributed by atoms with E-state index in [1.807, 2.05) is 0 Å². The van der Waals surface area contributed by atoms with Gasteiger partial charge in [0.15, 0.2) is 0 Å². The van der Waals surface area contributed by atoms with Gasteiger partial charge in [-0.2, -0.15) is 0 Å². The van der Waals surface area contributed by atoms with Crippen molar-refractivity contribution in [2.75, 3.05) is 33.7 Å². The molecule has 0 bridgehead atoms. The molecule has 0 aromatic rings. The van der Waals surface area contributed by atoms with Gasteiger partial charge in [-0.25, -0.2) is 0 Å². The monoisotopic (exact) mass is 227 g/mol. The molecule has 1 fully saturated rings. The van der Waals surface area contributed by atoms with E-state index in [0.29, 0.717) is 12.0 Å². The van der Waals surface area contributed by atoms with Crippen molar-refractivity contribution >= 4 is 0 Å². The molecule has 3 nitrogen and oxygen atoms in total. The summed E-state index contributed by atoms with van der Waals surface area (Å²) in [6.07, 6.45) is 3.84. The summed E-state index contributed by atoms with van der Waals surface area (Å²) in [5, 5.41) is 0. The molecule has 0 aromatic carbocycles. The molecule has 0 spiro atoms. The zero-order chi connectivity index (χ0) is 12.1. The third-order valence-electron chi connectivity index (χ3n) is 3.89. The van der Waals surface area contributed by atoms with E-state index < -0.39 is 0 Å². The van der Waals surface area contributed by atoms with Crippen molar-refractivity contribution in [1.29, 1.82) is 0 Å². The topological polar surface area (TPSA) is 32.5 Å². The highest BCUT2D eigenvalue weighted by molar-refractivity contribution is 4.79.